The largest absolute Gasteiger partial charge is 0.508 e. The SMILES string of the molecule is CC(NCc1ccco1)c1cc(O)cc(O)c1. The third-order valence-corrected chi connectivity index (χ3v) is 2.59. The lowest BCUT2D eigenvalue weighted by Gasteiger charge is -2.14. The first-order valence-corrected chi connectivity index (χ1v) is 5.44. The van der Waals surface area contributed by atoms with Crippen molar-refractivity contribution in [3.63, 3.8) is 0 Å². The average molecular weight is 233 g/mol. The van der Waals surface area contributed by atoms with Crippen LogP contribution in [0, 0.1) is 0 Å². The minimum Gasteiger partial charge on any atom is -0.508 e. The van der Waals surface area contributed by atoms with Crippen molar-refractivity contribution in [3.8, 4) is 11.5 Å². The Morgan fingerprint density at radius 3 is 2.53 bits per heavy atom. The Morgan fingerprint density at radius 2 is 1.94 bits per heavy atom. The van der Waals surface area contributed by atoms with Crippen LogP contribution in [0.15, 0.2) is 41.0 Å². The van der Waals surface area contributed by atoms with Gasteiger partial charge in [-0.05, 0) is 36.8 Å². The van der Waals surface area contributed by atoms with Gasteiger partial charge < -0.3 is 19.9 Å². The molecule has 0 spiro atoms. The summed E-state index contributed by atoms with van der Waals surface area (Å²) in [6, 6.07) is 8.29. The molecule has 3 N–H and O–H groups in total. The summed E-state index contributed by atoms with van der Waals surface area (Å²) in [5.41, 5.74) is 0.828. The van der Waals surface area contributed by atoms with E-state index in [1.54, 1.807) is 18.4 Å². The molecule has 1 aromatic heterocycles. The summed E-state index contributed by atoms with van der Waals surface area (Å²) in [6.45, 7) is 2.56. The smallest absolute Gasteiger partial charge is 0.119 e. The van der Waals surface area contributed by atoms with E-state index in [0.29, 0.717) is 6.54 Å². The predicted octanol–water partition coefficient (Wildman–Crippen LogP) is 2.54. The molecule has 0 saturated heterocycles. The van der Waals surface area contributed by atoms with Crippen molar-refractivity contribution in [2.45, 2.75) is 19.5 Å². The van der Waals surface area contributed by atoms with E-state index < -0.39 is 0 Å². The van der Waals surface area contributed by atoms with Crippen LogP contribution < -0.4 is 5.32 Å². The van der Waals surface area contributed by atoms with Gasteiger partial charge in [0, 0.05) is 12.1 Å². The van der Waals surface area contributed by atoms with Gasteiger partial charge in [-0.25, -0.2) is 0 Å². The molecule has 4 nitrogen and oxygen atoms in total. The molecule has 2 aromatic rings. The Balaban J connectivity index is 2.01. The van der Waals surface area contributed by atoms with Gasteiger partial charge >= 0.3 is 0 Å². The third kappa shape index (κ3) is 3.01. The van der Waals surface area contributed by atoms with Gasteiger partial charge in [0.2, 0.25) is 0 Å². The number of phenols is 2. The van der Waals surface area contributed by atoms with Crippen molar-refractivity contribution in [1.29, 1.82) is 0 Å². The lowest BCUT2D eigenvalue weighted by molar-refractivity contribution is 0.440. The first-order valence-electron chi connectivity index (χ1n) is 5.44. The topological polar surface area (TPSA) is 65.6 Å². The fraction of sp³-hybridized carbons (Fsp3) is 0.231. The van der Waals surface area contributed by atoms with E-state index in [9.17, 15) is 10.2 Å². The minimum absolute atomic E-state index is 0.0121. The lowest BCUT2D eigenvalue weighted by Crippen LogP contribution is -2.17. The van der Waals surface area contributed by atoms with Crippen LogP contribution in [0.25, 0.3) is 0 Å². The zero-order valence-corrected chi connectivity index (χ0v) is 9.55. The molecule has 0 fully saturated rings. The molecule has 0 saturated carbocycles. The van der Waals surface area contributed by atoms with Crippen LogP contribution in [-0.4, -0.2) is 10.2 Å². The monoisotopic (exact) mass is 233 g/mol. The van der Waals surface area contributed by atoms with Crippen molar-refractivity contribution < 1.29 is 14.6 Å². The van der Waals surface area contributed by atoms with Crippen LogP contribution in [0.5, 0.6) is 11.5 Å². The molecule has 4 heteroatoms. The van der Waals surface area contributed by atoms with Crippen molar-refractivity contribution in [2.24, 2.45) is 0 Å². The summed E-state index contributed by atoms with van der Waals surface area (Å²) in [7, 11) is 0. The fourth-order valence-corrected chi connectivity index (χ4v) is 1.65. The van der Waals surface area contributed by atoms with Crippen LogP contribution in [0.3, 0.4) is 0 Å². The normalized spacial score (nSPS) is 12.5. The molecular formula is C13H15NO3. The standard InChI is InChI=1S/C13H15NO3/c1-9(14-8-13-3-2-4-17-13)10-5-11(15)7-12(16)6-10/h2-7,9,14-16H,8H2,1H3. The van der Waals surface area contributed by atoms with Crippen molar-refractivity contribution in [2.75, 3.05) is 0 Å². The van der Waals surface area contributed by atoms with Gasteiger partial charge in [-0.15, -0.1) is 0 Å². The van der Waals surface area contributed by atoms with Crippen LogP contribution in [-0.2, 0) is 6.54 Å². The average Bonchev–Trinajstić information content (AvgIpc) is 2.77. The molecule has 0 aliphatic carbocycles. The number of phenolic OH excluding ortho intramolecular Hbond substituents is 2. The molecule has 17 heavy (non-hydrogen) atoms. The van der Waals surface area contributed by atoms with E-state index in [1.807, 2.05) is 19.1 Å². The molecule has 2 rings (SSSR count). The highest BCUT2D eigenvalue weighted by molar-refractivity contribution is 5.37. The van der Waals surface area contributed by atoms with Gasteiger partial charge in [-0.3, -0.25) is 0 Å². The predicted molar refractivity (Wildman–Crippen MR) is 63.7 cm³/mol. The summed E-state index contributed by atoms with van der Waals surface area (Å²) >= 11 is 0. The Bertz CT molecular complexity index is 459. The van der Waals surface area contributed by atoms with E-state index in [2.05, 4.69) is 5.32 Å². The summed E-state index contributed by atoms with van der Waals surface area (Å²) in [4.78, 5) is 0. The number of furan rings is 1. The van der Waals surface area contributed by atoms with Gasteiger partial charge in [-0.1, -0.05) is 0 Å². The minimum atomic E-state index is 0.0121. The third-order valence-electron chi connectivity index (χ3n) is 2.59. The first-order chi connectivity index (χ1) is 8.15. The van der Waals surface area contributed by atoms with Crippen molar-refractivity contribution in [1.82, 2.24) is 5.32 Å². The molecule has 1 unspecified atom stereocenters. The highest BCUT2D eigenvalue weighted by Gasteiger charge is 2.08. The fourth-order valence-electron chi connectivity index (χ4n) is 1.65. The summed E-state index contributed by atoms with van der Waals surface area (Å²) < 4.78 is 5.21. The maximum Gasteiger partial charge on any atom is 0.119 e. The molecule has 90 valence electrons. The van der Waals surface area contributed by atoms with Gasteiger partial charge in [0.25, 0.3) is 0 Å². The summed E-state index contributed by atoms with van der Waals surface area (Å²) in [5, 5.41) is 22.0. The Morgan fingerprint density at radius 1 is 1.24 bits per heavy atom. The van der Waals surface area contributed by atoms with E-state index in [-0.39, 0.29) is 17.5 Å². The second-order valence-electron chi connectivity index (χ2n) is 3.96. The van der Waals surface area contributed by atoms with Crippen LogP contribution in [0.1, 0.15) is 24.3 Å². The second-order valence-corrected chi connectivity index (χ2v) is 3.96. The van der Waals surface area contributed by atoms with E-state index >= 15 is 0 Å². The summed E-state index contributed by atoms with van der Waals surface area (Å²) in [5.74, 6) is 0.972. The number of rotatable bonds is 4. The molecule has 0 aliphatic heterocycles. The Kier molecular flexibility index (Phi) is 3.35. The molecule has 0 amide bonds. The van der Waals surface area contributed by atoms with Gasteiger partial charge in [-0.2, -0.15) is 0 Å². The van der Waals surface area contributed by atoms with Gasteiger partial charge in [0.1, 0.15) is 17.3 Å². The van der Waals surface area contributed by atoms with Gasteiger partial charge in [0.05, 0.1) is 12.8 Å². The van der Waals surface area contributed by atoms with Crippen molar-refractivity contribution >= 4 is 0 Å². The van der Waals surface area contributed by atoms with Crippen LogP contribution in [0.2, 0.25) is 0 Å². The number of hydrogen-bond acceptors (Lipinski definition) is 4. The maximum atomic E-state index is 9.39. The van der Waals surface area contributed by atoms with E-state index in [1.165, 1.54) is 6.07 Å². The quantitative estimate of drug-likeness (QED) is 0.759. The van der Waals surface area contributed by atoms with E-state index in [4.69, 9.17) is 4.42 Å². The highest BCUT2D eigenvalue weighted by Crippen LogP contribution is 2.24. The first kappa shape index (κ1) is 11.5. The molecule has 0 bridgehead atoms. The van der Waals surface area contributed by atoms with Crippen LogP contribution >= 0.6 is 0 Å². The molecule has 1 heterocycles. The second kappa shape index (κ2) is 4.93. The van der Waals surface area contributed by atoms with Gasteiger partial charge in [0.15, 0.2) is 0 Å². The molecular weight excluding hydrogens is 218 g/mol. The highest BCUT2D eigenvalue weighted by atomic mass is 16.3. The number of aromatic hydroxyl groups is 2. The number of hydrogen-bond donors (Lipinski definition) is 3. The molecule has 0 aliphatic rings. The zero-order chi connectivity index (χ0) is 12.3. The maximum absolute atomic E-state index is 9.39. The number of nitrogens with one attached hydrogen (secondary N) is 1. The Labute approximate surface area is 99.5 Å². The summed E-state index contributed by atoms with van der Waals surface area (Å²) in [6.07, 6.45) is 1.63. The van der Waals surface area contributed by atoms with Crippen molar-refractivity contribution in [3.05, 3.63) is 47.9 Å². The lowest BCUT2D eigenvalue weighted by atomic mass is 10.1. The zero-order valence-electron chi connectivity index (χ0n) is 9.55. The molecule has 1 aromatic carbocycles. The Hall–Kier alpha value is -1.94. The number of benzene rings is 1. The van der Waals surface area contributed by atoms with Crippen LogP contribution in [0.4, 0.5) is 0 Å². The van der Waals surface area contributed by atoms with E-state index in [0.717, 1.165) is 11.3 Å². The molecule has 0 radical (unpaired) electrons. The molecule has 1 atom stereocenters.